The molecule has 176 valence electrons. The number of amides is 2. The van der Waals surface area contributed by atoms with Crippen molar-refractivity contribution in [2.24, 2.45) is 5.92 Å². The zero-order chi connectivity index (χ0) is 23.8. The van der Waals surface area contributed by atoms with Gasteiger partial charge in [0, 0.05) is 49.3 Å². The van der Waals surface area contributed by atoms with E-state index in [-0.39, 0.29) is 24.2 Å². The van der Waals surface area contributed by atoms with Crippen molar-refractivity contribution < 1.29 is 9.59 Å². The maximum atomic E-state index is 13.3. The molecule has 2 aromatic carbocycles. The van der Waals surface area contributed by atoms with Crippen molar-refractivity contribution >= 4 is 39.1 Å². The second-order valence-electron chi connectivity index (χ2n) is 8.96. The molecule has 0 saturated carbocycles. The zero-order valence-corrected chi connectivity index (χ0v) is 21.0. The summed E-state index contributed by atoms with van der Waals surface area (Å²) in [5.74, 6) is -0.198. The van der Waals surface area contributed by atoms with Crippen LogP contribution in [0.5, 0.6) is 0 Å². The van der Waals surface area contributed by atoms with E-state index in [1.807, 2.05) is 59.0 Å². The fourth-order valence-electron chi connectivity index (χ4n) is 5.09. The number of benzene rings is 2. The Bertz CT molecular complexity index is 1220. The predicted octanol–water partition coefficient (Wildman–Crippen LogP) is 3.95. The lowest BCUT2D eigenvalue weighted by Crippen LogP contribution is -2.51. The van der Waals surface area contributed by atoms with E-state index in [9.17, 15) is 9.59 Å². The molecule has 2 aliphatic rings. The minimum absolute atomic E-state index is 0.00895. The fourth-order valence-corrected chi connectivity index (χ4v) is 5.48. The van der Waals surface area contributed by atoms with E-state index in [1.54, 1.807) is 4.90 Å². The lowest BCUT2D eigenvalue weighted by atomic mass is 10.1. The van der Waals surface area contributed by atoms with Crippen LogP contribution in [0.15, 0.2) is 59.1 Å². The summed E-state index contributed by atoms with van der Waals surface area (Å²) in [4.78, 5) is 31.9. The number of aromatic nitrogens is 2. The Morgan fingerprint density at radius 1 is 0.971 bits per heavy atom. The van der Waals surface area contributed by atoms with Gasteiger partial charge in [-0.25, -0.2) is 4.68 Å². The molecule has 0 radical (unpaired) electrons. The first kappa shape index (κ1) is 22.7. The molecule has 2 amide bonds. The molecule has 2 aliphatic heterocycles. The second kappa shape index (κ2) is 9.25. The first-order valence-corrected chi connectivity index (χ1v) is 12.4. The van der Waals surface area contributed by atoms with Gasteiger partial charge in [-0.1, -0.05) is 40.2 Å². The molecule has 7 nitrogen and oxygen atoms in total. The minimum Gasteiger partial charge on any atom is -0.365 e. The van der Waals surface area contributed by atoms with Crippen molar-refractivity contribution in [2.75, 3.05) is 42.5 Å². The van der Waals surface area contributed by atoms with Crippen LogP contribution in [-0.2, 0) is 9.59 Å². The van der Waals surface area contributed by atoms with Crippen molar-refractivity contribution in [3.05, 3.63) is 70.5 Å². The van der Waals surface area contributed by atoms with Gasteiger partial charge in [0.1, 0.15) is 0 Å². The van der Waals surface area contributed by atoms with Crippen molar-refractivity contribution in [3.8, 4) is 5.69 Å². The van der Waals surface area contributed by atoms with Gasteiger partial charge in [-0.15, -0.1) is 0 Å². The van der Waals surface area contributed by atoms with Crippen LogP contribution >= 0.6 is 15.9 Å². The highest BCUT2D eigenvalue weighted by Crippen LogP contribution is 2.30. The first-order valence-electron chi connectivity index (χ1n) is 11.6. The topological polar surface area (TPSA) is 61.7 Å². The number of rotatable bonds is 4. The summed E-state index contributed by atoms with van der Waals surface area (Å²) in [5.41, 5.74) is 5.12. The number of halogens is 1. The van der Waals surface area contributed by atoms with Crippen LogP contribution in [0.4, 0.5) is 11.4 Å². The predicted molar refractivity (Wildman–Crippen MR) is 136 cm³/mol. The minimum atomic E-state index is -0.290. The van der Waals surface area contributed by atoms with Gasteiger partial charge in [0.15, 0.2) is 0 Å². The molecular formula is C26H28BrN5O2. The molecule has 0 spiro atoms. The number of para-hydroxylation sites is 1. The van der Waals surface area contributed by atoms with Crippen LogP contribution in [0.2, 0.25) is 0 Å². The normalized spacial score (nSPS) is 18.6. The van der Waals surface area contributed by atoms with Gasteiger partial charge in [0.25, 0.3) is 0 Å². The molecule has 1 aromatic heterocycles. The lowest BCUT2D eigenvalue weighted by Gasteiger charge is -2.37. The quantitative estimate of drug-likeness (QED) is 0.521. The maximum absolute atomic E-state index is 13.3. The molecular weight excluding hydrogens is 494 g/mol. The third-order valence-corrected chi connectivity index (χ3v) is 7.25. The van der Waals surface area contributed by atoms with E-state index < -0.39 is 0 Å². The van der Waals surface area contributed by atoms with Gasteiger partial charge < -0.3 is 14.7 Å². The monoisotopic (exact) mass is 521 g/mol. The Morgan fingerprint density at radius 3 is 2.38 bits per heavy atom. The van der Waals surface area contributed by atoms with Gasteiger partial charge in [0.05, 0.1) is 28.7 Å². The number of nitrogens with zero attached hydrogens (tertiary/aromatic N) is 5. The van der Waals surface area contributed by atoms with Crippen LogP contribution in [-0.4, -0.2) is 59.2 Å². The largest absolute Gasteiger partial charge is 0.365 e. The summed E-state index contributed by atoms with van der Waals surface area (Å²) in [6, 6.07) is 17.8. The van der Waals surface area contributed by atoms with Crippen LogP contribution in [0, 0.1) is 19.8 Å². The van der Waals surface area contributed by atoms with Gasteiger partial charge >= 0.3 is 0 Å². The van der Waals surface area contributed by atoms with Crippen LogP contribution in [0.25, 0.3) is 5.69 Å². The molecule has 2 saturated heterocycles. The number of aryl methyl sites for hydroxylation is 1. The summed E-state index contributed by atoms with van der Waals surface area (Å²) in [6.07, 6.45) is 0.271. The standard InChI is InChI=1S/C26H28BrN5O2/c1-18-25(19(2)32(28-18)22-8-4-3-5-9-22)29-11-13-30(14-12-29)26(34)20-15-24(33)31(17-20)23-10-6-7-21(27)16-23/h3-10,16,20H,11-15,17H2,1-2H3. The number of hydrogen-bond donors (Lipinski definition) is 0. The smallest absolute Gasteiger partial charge is 0.228 e. The average Bonchev–Trinajstić information content (AvgIpc) is 3.38. The van der Waals surface area contributed by atoms with Crippen molar-refractivity contribution in [3.63, 3.8) is 0 Å². The molecule has 8 heteroatoms. The van der Waals surface area contributed by atoms with Crippen LogP contribution in [0.1, 0.15) is 17.8 Å². The van der Waals surface area contributed by atoms with Gasteiger partial charge in [-0.3, -0.25) is 9.59 Å². The average molecular weight is 522 g/mol. The Balaban J connectivity index is 1.24. The van der Waals surface area contributed by atoms with Crippen molar-refractivity contribution in [1.82, 2.24) is 14.7 Å². The SMILES string of the molecule is Cc1nn(-c2ccccc2)c(C)c1N1CCN(C(=O)C2CC(=O)N(c3cccc(Br)c3)C2)CC1. The Morgan fingerprint density at radius 2 is 1.68 bits per heavy atom. The molecule has 0 bridgehead atoms. The number of carbonyl (C=O) groups is 2. The van der Waals surface area contributed by atoms with E-state index in [1.165, 1.54) is 0 Å². The van der Waals surface area contributed by atoms with Gasteiger partial charge in [-0.05, 0) is 44.2 Å². The number of piperazine rings is 1. The summed E-state index contributed by atoms with van der Waals surface area (Å²) in [5, 5.41) is 4.77. The lowest BCUT2D eigenvalue weighted by molar-refractivity contribution is -0.136. The third kappa shape index (κ3) is 4.22. The first-order chi connectivity index (χ1) is 16.4. The summed E-state index contributed by atoms with van der Waals surface area (Å²) < 4.78 is 2.91. The highest BCUT2D eigenvalue weighted by atomic mass is 79.9. The molecule has 3 heterocycles. The number of hydrogen-bond acceptors (Lipinski definition) is 4. The van der Waals surface area contributed by atoms with E-state index in [2.05, 4.69) is 39.9 Å². The molecule has 34 heavy (non-hydrogen) atoms. The van der Waals surface area contributed by atoms with E-state index in [4.69, 9.17) is 5.10 Å². The Hall–Kier alpha value is -3.13. The molecule has 3 aromatic rings. The molecule has 0 aliphatic carbocycles. The molecule has 2 fully saturated rings. The maximum Gasteiger partial charge on any atom is 0.228 e. The summed E-state index contributed by atoms with van der Waals surface area (Å²) in [7, 11) is 0. The van der Waals surface area contributed by atoms with Crippen LogP contribution in [0.3, 0.4) is 0 Å². The molecule has 0 N–H and O–H groups in total. The number of carbonyl (C=O) groups excluding carboxylic acids is 2. The zero-order valence-electron chi connectivity index (χ0n) is 19.4. The molecule has 1 atom stereocenters. The summed E-state index contributed by atoms with van der Waals surface area (Å²) in [6.45, 7) is 7.39. The van der Waals surface area contributed by atoms with Crippen molar-refractivity contribution in [2.45, 2.75) is 20.3 Å². The van der Waals surface area contributed by atoms with E-state index >= 15 is 0 Å². The second-order valence-corrected chi connectivity index (χ2v) is 9.88. The third-order valence-electron chi connectivity index (χ3n) is 6.76. The van der Waals surface area contributed by atoms with E-state index in [0.717, 1.165) is 46.0 Å². The van der Waals surface area contributed by atoms with Gasteiger partial charge in [-0.2, -0.15) is 5.10 Å². The Kier molecular flexibility index (Phi) is 6.16. The van der Waals surface area contributed by atoms with Gasteiger partial charge in [0.2, 0.25) is 11.8 Å². The molecule has 1 unspecified atom stereocenters. The summed E-state index contributed by atoms with van der Waals surface area (Å²) >= 11 is 3.46. The highest BCUT2D eigenvalue weighted by Gasteiger charge is 2.38. The molecule has 5 rings (SSSR count). The van der Waals surface area contributed by atoms with E-state index in [0.29, 0.717) is 19.6 Å². The highest BCUT2D eigenvalue weighted by molar-refractivity contribution is 9.10. The van der Waals surface area contributed by atoms with Crippen molar-refractivity contribution in [1.29, 1.82) is 0 Å². The fraction of sp³-hybridized carbons (Fsp3) is 0.346. The van der Waals surface area contributed by atoms with Crippen LogP contribution < -0.4 is 9.80 Å². The number of anilines is 2. The Labute approximate surface area is 208 Å².